The van der Waals surface area contributed by atoms with Crippen LogP contribution in [0.25, 0.3) is 27.3 Å². The maximum absolute atomic E-state index is 15.0. The molecule has 42 heavy (non-hydrogen) atoms. The first-order chi connectivity index (χ1) is 19.7. The van der Waals surface area contributed by atoms with Gasteiger partial charge in [-0.25, -0.2) is 28.5 Å². The topological polar surface area (TPSA) is 125 Å². The van der Waals surface area contributed by atoms with Gasteiger partial charge in [-0.15, -0.1) is 11.3 Å². The third-order valence-corrected chi connectivity index (χ3v) is 8.74. The van der Waals surface area contributed by atoms with Crippen LogP contribution in [0.4, 0.5) is 15.0 Å². The van der Waals surface area contributed by atoms with E-state index in [0.29, 0.717) is 21.9 Å². The summed E-state index contributed by atoms with van der Waals surface area (Å²) in [6, 6.07) is 4.68. The number of piperazine rings is 1. The molecule has 1 amide bonds. The van der Waals surface area contributed by atoms with Gasteiger partial charge in [0.05, 0.1) is 38.9 Å². The fraction of sp³-hybridized carbons (Fsp3) is 0.414. The number of benzene rings is 1. The van der Waals surface area contributed by atoms with Crippen LogP contribution in [0.1, 0.15) is 53.2 Å². The van der Waals surface area contributed by atoms with Gasteiger partial charge in [0.2, 0.25) is 0 Å². The summed E-state index contributed by atoms with van der Waals surface area (Å²) in [5.74, 6) is -0.794. The molecule has 13 heteroatoms. The molecule has 1 saturated heterocycles. The molecule has 4 heterocycles. The average Bonchev–Trinajstić information content (AvgIpc) is 3.37. The Morgan fingerprint density at radius 2 is 1.93 bits per heavy atom. The predicted molar refractivity (Wildman–Crippen MR) is 162 cm³/mol. The lowest BCUT2D eigenvalue weighted by molar-refractivity contribution is 0.0562. The van der Waals surface area contributed by atoms with E-state index in [9.17, 15) is 19.8 Å². The van der Waals surface area contributed by atoms with Crippen LogP contribution in [-0.4, -0.2) is 65.9 Å². The molecule has 4 aromatic rings. The monoisotopic (exact) mass is 614 g/mol. The number of anilines is 1. The standard InChI is InChI=1S/C29H32ClFN6O4S/c1-14(2)21-26(42-13-32-21)37-25-16(12-17(30)22(33-25)20-18(31)8-7-9-19(20)38)24(34-27(37)39)35-10-11-36(28(40)41)23(15(35)3)29(4,5)6/h7-9,12-15,23,38H,10-11H2,1-6H3,(H,40,41)/t15-,23?/m0/s1. The van der Waals surface area contributed by atoms with Gasteiger partial charge in [-0.1, -0.05) is 52.3 Å². The van der Waals surface area contributed by atoms with Crippen molar-refractivity contribution >= 4 is 45.9 Å². The lowest BCUT2D eigenvalue weighted by Crippen LogP contribution is -2.64. The zero-order valence-electron chi connectivity index (χ0n) is 24.1. The van der Waals surface area contributed by atoms with Gasteiger partial charge in [0.15, 0.2) is 5.65 Å². The Kier molecular flexibility index (Phi) is 7.65. The van der Waals surface area contributed by atoms with Crippen LogP contribution >= 0.6 is 22.9 Å². The van der Waals surface area contributed by atoms with Gasteiger partial charge in [0, 0.05) is 19.1 Å². The zero-order chi connectivity index (χ0) is 30.7. The number of pyridine rings is 1. The maximum Gasteiger partial charge on any atom is 0.407 e. The maximum atomic E-state index is 15.0. The number of nitrogens with zero attached hydrogens (tertiary/aromatic N) is 6. The second kappa shape index (κ2) is 10.8. The van der Waals surface area contributed by atoms with Gasteiger partial charge in [0.25, 0.3) is 0 Å². The zero-order valence-corrected chi connectivity index (χ0v) is 25.7. The Labute approximate surface area is 251 Å². The third-order valence-electron chi connectivity index (χ3n) is 7.63. The number of fused-ring (bicyclic) bond motifs is 1. The third kappa shape index (κ3) is 4.96. The fourth-order valence-corrected chi connectivity index (χ4v) is 7.13. The molecule has 222 valence electrons. The normalized spacial score (nSPS) is 17.8. The lowest BCUT2D eigenvalue weighted by atomic mass is 9.80. The summed E-state index contributed by atoms with van der Waals surface area (Å²) < 4.78 is 16.4. The molecule has 0 bridgehead atoms. The number of rotatable bonds is 4. The summed E-state index contributed by atoms with van der Waals surface area (Å²) >= 11 is 7.98. The Bertz CT molecular complexity index is 1730. The van der Waals surface area contributed by atoms with Crippen LogP contribution < -0.4 is 10.6 Å². The van der Waals surface area contributed by atoms with Crippen LogP contribution in [0.5, 0.6) is 5.75 Å². The summed E-state index contributed by atoms with van der Waals surface area (Å²) in [5, 5.41) is 21.5. The van der Waals surface area contributed by atoms with Crippen molar-refractivity contribution in [2.45, 2.75) is 59.5 Å². The number of carbonyl (C=O) groups is 1. The molecule has 1 unspecified atom stereocenters. The van der Waals surface area contributed by atoms with Gasteiger partial charge in [-0.2, -0.15) is 4.98 Å². The number of carboxylic acid groups (broad SMARTS) is 1. The summed E-state index contributed by atoms with van der Waals surface area (Å²) in [4.78, 5) is 43.1. The fourth-order valence-electron chi connectivity index (χ4n) is 5.94. The minimum absolute atomic E-state index is 0.0214. The molecule has 0 saturated carbocycles. The van der Waals surface area contributed by atoms with Crippen LogP contribution in [0, 0.1) is 11.2 Å². The van der Waals surface area contributed by atoms with E-state index in [-0.39, 0.29) is 52.7 Å². The molecule has 0 spiro atoms. The van der Waals surface area contributed by atoms with Crippen molar-refractivity contribution in [2.75, 3.05) is 18.0 Å². The highest BCUT2D eigenvalue weighted by atomic mass is 35.5. The average molecular weight is 615 g/mol. The Morgan fingerprint density at radius 3 is 2.55 bits per heavy atom. The Hall–Kier alpha value is -3.77. The summed E-state index contributed by atoms with van der Waals surface area (Å²) in [7, 11) is 0. The van der Waals surface area contributed by atoms with E-state index in [2.05, 4.69) is 9.97 Å². The summed E-state index contributed by atoms with van der Waals surface area (Å²) in [6.45, 7) is 12.2. The van der Waals surface area contributed by atoms with Crippen LogP contribution in [-0.2, 0) is 0 Å². The van der Waals surface area contributed by atoms with E-state index in [1.165, 1.54) is 39.0 Å². The Balaban J connectivity index is 1.82. The molecule has 1 aromatic carbocycles. The second-order valence-corrected chi connectivity index (χ2v) is 13.0. The minimum Gasteiger partial charge on any atom is -0.507 e. The number of aromatic nitrogens is 4. The molecule has 2 N–H and O–H groups in total. The number of halogens is 2. The number of phenols is 1. The molecule has 0 radical (unpaired) electrons. The van der Waals surface area contributed by atoms with E-state index < -0.39 is 29.1 Å². The molecule has 5 rings (SSSR count). The molecule has 2 atom stereocenters. The number of aromatic hydroxyl groups is 1. The van der Waals surface area contributed by atoms with Gasteiger partial charge < -0.3 is 20.0 Å². The molecule has 1 aliphatic rings. The highest BCUT2D eigenvalue weighted by Gasteiger charge is 2.44. The smallest absolute Gasteiger partial charge is 0.407 e. The van der Waals surface area contributed by atoms with Crippen LogP contribution in [0.15, 0.2) is 34.6 Å². The van der Waals surface area contributed by atoms with E-state index in [1.54, 1.807) is 11.6 Å². The minimum atomic E-state index is -1.01. The molecular formula is C29H32ClFN6O4S. The highest BCUT2D eigenvalue weighted by molar-refractivity contribution is 7.12. The van der Waals surface area contributed by atoms with Gasteiger partial charge in [0.1, 0.15) is 22.4 Å². The van der Waals surface area contributed by atoms with Crippen molar-refractivity contribution in [3.8, 4) is 22.0 Å². The number of phenolic OH excluding ortho intramolecular Hbond substituents is 1. The first-order valence-electron chi connectivity index (χ1n) is 13.5. The van der Waals surface area contributed by atoms with Crippen LogP contribution in [0.2, 0.25) is 5.02 Å². The van der Waals surface area contributed by atoms with Crippen molar-refractivity contribution in [1.82, 2.24) is 24.4 Å². The number of amides is 1. The van der Waals surface area contributed by atoms with Gasteiger partial charge in [-0.05, 0) is 36.5 Å². The summed E-state index contributed by atoms with van der Waals surface area (Å²) in [6.07, 6.45) is -1.01. The van der Waals surface area contributed by atoms with Crippen molar-refractivity contribution in [1.29, 1.82) is 0 Å². The van der Waals surface area contributed by atoms with Crippen molar-refractivity contribution in [3.05, 3.63) is 56.8 Å². The first kappa shape index (κ1) is 29.7. The van der Waals surface area contributed by atoms with Gasteiger partial charge >= 0.3 is 11.8 Å². The Morgan fingerprint density at radius 1 is 1.21 bits per heavy atom. The summed E-state index contributed by atoms with van der Waals surface area (Å²) in [5.41, 5.74) is 1.20. The van der Waals surface area contributed by atoms with Gasteiger partial charge in [-0.3, -0.25) is 0 Å². The SMILES string of the molecule is CC(C)c1ncsc1-n1c(=O)nc(N2CCN(C(=O)O)C(C(C)(C)C)[C@@H]2C)c2cc(Cl)c(-c3c(O)cccc3F)nc21. The number of hydrogen-bond donors (Lipinski definition) is 2. The predicted octanol–water partition coefficient (Wildman–Crippen LogP) is 6.13. The van der Waals surface area contributed by atoms with Crippen molar-refractivity contribution in [3.63, 3.8) is 0 Å². The molecule has 1 aliphatic heterocycles. The van der Waals surface area contributed by atoms with E-state index in [4.69, 9.17) is 16.6 Å². The molecule has 10 nitrogen and oxygen atoms in total. The lowest BCUT2D eigenvalue weighted by Gasteiger charge is -2.51. The van der Waals surface area contributed by atoms with E-state index in [0.717, 1.165) is 0 Å². The van der Waals surface area contributed by atoms with E-state index in [1.807, 2.05) is 46.4 Å². The molecule has 0 aliphatic carbocycles. The molecular weight excluding hydrogens is 583 g/mol. The quantitative estimate of drug-likeness (QED) is 0.281. The molecule has 3 aromatic heterocycles. The van der Waals surface area contributed by atoms with Crippen molar-refractivity contribution in [2.24, 2.45) is 5.41 Å². The highest BCUT2D eigenvalue weighted by Crippen LogP contribution is 2.41. The largest absolute Gasteiger partial charge is 0.507 e. The van der Waals surface area contributed by atoms with Crippen LogP contribution in [0.3, 0.4) is 0 Å². The van der Waals surface area contributed by atoms with Crippen molar-refractivity contribution < 1.29 is 19.4 Å². The number of hydrogen-bond acceptors (Lipinski definition) is 8. The second-order valence-electron chi connectivity index (χ2n) is 11.8. The molecule has 1 fully saturated rings. The van der Waals surface area contributed by atoms with E-state index >= 15 is 4.39 Å². The first-order valence-corrected chi connectivity index (χ1v) is 14.8. The number of thiazole rings is 1.